The molecule has 1 saturated carbocycles. The first-order valence-corrected chi connectivity index (χ1v) is 10.0. The topological polar surface area (TPSA) is 52.2 Å². The first kappa shape index (κ1) is 17.5. The van der Waals surface area contributed by atoms with Crippen molar-refractivity contribution in [2.45, 2.75) is 46.1 Å². The zero-order chi connectivity index (χ0) is 18.3. The molecule has 1 aliphatic heterocycles. The van der Waals surface area contributed by atoms with Gasteiger partial charge in [-0.3, -0.25) is 9.69 Å². The number of benzene rings is 1. The molecule has 2 aromatic rings. The van der Waals surface area contributed by atoms with Gasteiger partial charge in [0, 0.05) is 32.2 Å². The van der Waals surface area contributed by atoms with Gasteiger partial charge in [0.2, 0.25) is 0 Å². The van der Waals surface area contributed by atoms with E-state index in [2.05, 4.69) is 33.6 Å². The fourth-order valence-electron chi connectivity index (χ4n) is 4.24. The fraction of sp³-hybridized carbons (Fsp3) is 0.619. The molecule has 1 aliphatic carbocycles. The number of hydrogen-bond donors (Lipinski definition) is 1. The van der Waals surface area contributed by atoms with Crippen LogP contribution in [0.1, 0.15) is 49.3 Å². The van der Waals surface area contributed by atoms with Crippen LogP contribution in [0, 0.1) is 18.8 Å². The number of nitrogens with one attached hydrogen (secondary N) is 1. The molecule has 1 atom stereocenters. The Morgan fingerprint density at radius 1 is 1.31 bits per heavy atom. The maximum Gasteiger partial charge on any atom is 0.256 e. The van der Waals surface area contributed by atoms with E-state index in [9.17, 15) is 4.79 Å². The summed E-state index contributed by atoms with van der Waals surface area (Å²) in [5, 5.41) is 0. The number of aromatic amines is 1. The van der Waals surface area contributed by atoms with Crippen LogP contribution in [0.3, 0.4) is 0 Å². The van der Waals surface area contributed by atoms with E-state index in [1.54, 1.807) is 0 Å². The van der Waals surface area contributed by atoms with E-state index in [0.717, 1.165) is 54.4 Å². The third-order valence-electron chi connectivity index (χ3n) is 5.86. The molecule has 1 amide bonds. The molecule has 1 N–H and O–H groups in total. The average molecular weight is 354 g/mol. The van der Waals surface area contributed by atoms with Crippen LogP contribution >= 0.6 is 0 Å². The van der Waals surface area contributed by atoms with Gasteiger partial charge >= 0.3 is 0 Å². The van der Waals surface area contributed by atoms with E-state index in [-0.39, 0.29) is 5.91 Å². The maximum atomic E-state index is 13.3. The quantitative estimate of drug-likeness (QED) is 0.915. The fourth-order valence-corrected chi connectivity index (χ4v) is 4.24. The maximum absolute atomic E-state index is 13.3. The molecule has 2 aliphatic rings. The number of amides is 1. The Kier molecular flexibility index (Phi) is 4.74. The van der Waals surface area contributed by atoms with Crippen LogP contribution in [0.2, 0.25) is 0 Å². The molecule has 26 heavy (non-hydrogen) atoms. The number of para-hydroxylation sites is 1. The Morgan fingerprint density at radius 2 is 2.12 bits per heavy atom. The van der Waals surface area contributed by atoms with Crippen LogP contribution < -0.4 is 0 Å². The Morgan fingerprint density at radius 3 is 2.85 bits per heavy atom. The lowest BCUT2D eigenvalue weighted by atomic mass is 10.0. The van der Waals surface area contributed by atoms with E-state index in [0.29, 0.717) is 12.0 Å². The second-order valence-corrected chi connectivity index (χ2v) is 8.38. The summed E-state index contributed by atoms with van der Waals surface area (Å²) in [7, 11) is 0. The first-order chi connectivity index (χ1) is 12.5. The van der Waals surface area contributed by atoms with Crippen molar-refractivity contribution in [2.24, 2.45) is 11.8 Å². The lowest BCUT2D eigenvalue weighted by Crippen LogP contribution is -2.46. The van der Waals surface area contributed by atoms with Crippen LogP contribution in [-0.2, 0) is 0 Å². The highest BCUT2D eigenvalue weighted by Gasteiger charge is 2.33. The Balaban J connectivity index is 1.58. The summed E-state index contributed by atoms with van der Waals surface area (Å²) in [4.78, 5) is 25.8. The van der Waals surface area contributed by atoms with Crippen molar-refractivity contribution >= 4 is 16.9 Å². The molecule has 0 spiro atoms. The molecule has 5 nitrogen and oxygen atoms in total. The molecule has 1 aromatic carbocycles. The number of carbonyl (C=O) groups is 1. The smallest absolute Gasteiger partial charge is 0.256 e. The monoisotopic (exact) mass is 354 g/mol. The molecule has 1 saturated heterocycles. The number of rotatable bonds is 4. The second-order valence-electron chi connectivity index (χ2n) is 8.38. The number of fused-ring (bicyclic) bond motifs is 1. The number of nitrogens with zero attached hydrogens (tertiary/aromatic N) is 3. The third-order valence-corrected chi connectivity index (χ3v) is 5.86. The van der Waals surface area contributed by atoms with Crippen LogP contribution in [0.15, 0.2) is 18.2 Å². The van der Waals surface area contributed by atoms with Crippen LogP contribution in [0.5, 0.6) is 0 Å². The van der Waals surface area contributed by atoms with E-state index in [4.69, 9.17) is 0 Å². The van der Waals surface area contributed by atoms with Gasteiger partial charge in [-0.25, -0.2) is 4.98 Å². The van der Waals surface area contributed by atoms with Gasteiger partial charge in [0.25, 0.3) is 5.91 Å². The number of hydrogen-bond acceptors (Lipinski definition) is 3. The van der Waals surface area contributed by atoms with Crippen molar-refractivity contribution in [2.75, 3.05) is 26.2 Å². The van der Waals surface area contributed by atoms with Gasteiger partial charge in [-0.1, -0.05) is 19.9 Å². The first-order valence-electron chi connectivity index (χ1n) is 10.0. The summed E-state index contributed by atoms with van der Waals surface area (Å²) in [6.07, 6.45) is 3.81. The van der Waals surface area contributed by atoms with Crippen molar-refractivity contribution in [3.05, 3.63) is 29.6 Å². The number of aryl methyl sites for hydroxylation is 1. The molecule has 1 unspecified atom stereocenters. The standard InChI is InChI=1S/C21H30N4O/c1-14(2)19-13-25(11-5-10-24(19)12-16-8-9-16)21(26)17-6-4-7-18-20(17)23-15(3)22-18/h4,6-7,14,16,19H,5,8-13H2,1-3H3,(H,22,23). The van der Waals surface area contributed by atoms with Crippen LogP contribution in [0.4, 0.5) is 0 Å². The molecule has 4 rings (SSSR count). The van der Waals surface area contributed by atoms with Crippen LogP contribution in [-0.4, -0.2) is 57.9 Å². The number of carbonyl (C=O) groups excluding carboxylic acids is 1. The summed E-state index contributed by atoms with van der Waals surface area (Å²) in [5.41, 5.74) is 2.47. The van der Waals surface area contributed by atoms with Crippen molar-refractivity contribution < 1.29 is 4.79 Å². The van der Waals surface area contributed by atoms with Gasteiger partial charge in [-0.05, 0) is 50.2 Å². The number of imidazole rings is 1. The van der Waals surface area contributed by atoms with Crippen molar-refractivity contribution in [1.82, 2.24) is 19.8 Å². The summed E-state index contributed by atoms with van der Waals surface area (Å²) < 4.78 is 0. The van der Waals surface area contributed by atoms with Crippen molar-refractivity contribution in [3.63, 3.8) is 0 Å². The molecule has 2 heterocycles. The molecule has 0 radical (unpaired) electrons. The zero-order valence-electron chi connectivity index (χ0n) is 16.2. The normalized spacial score (nSPS) is 22.2. The predicted molar refractivity (Wildman–Crippen MR) is 104 cm³/mol. The Bertz CT molecular complexity index is 792. The highest BCUT2D eigenvalue weighted by Crippen LogP contribution is 2.32. The minimum atomic E-state index is 0.126. The number of H-pyrrole nitrogens is 1. The van der Waals surface area contributed by atoms with Crippen molar-refractivity contribution in [3.8, 4) is 0 Å². The molecule has 1 aromatic heterocycles. The third kappa shape index (κ3) is 3.50. The SMILES string of the molecule is Cc1nc2c(C(=O)N3CCCN(CC4CC4)C(C(C)C)C3)cccc2[nH]1. The molecule has 0 bridgehead atoms. The van der Waals surface area contributed by atoms with Gasteiger partial charge in [0.05, 0.1) is 11.1 Å². The summed E-state index contributed by atoms with van der Waals surface area (Å²) in [6, 6.07) is 6.30. The lowest BCUT2D eigenvalue weighted by molar-refractivity contribution is 0.0706. The van der Waals surface area contributed by atoms with Gasteiger partial charge in [-0.15, -0.1) is 0 Å². The predicted octanol–water partition coefficient (Wildman–Crippen LogP) is 3.45. The Hall–Kier alpha value is -1.88. The molecule has 5 heteroatoms. The highest BCUT2D eigenvalue weighted by atomic mass is 16.2. The van der Waals surface area contributed by atoms with E-state index >= 15 is 0 Å². The largest absolute Gasteiger partial charge is 0.342 e. The number of aromatic nitrogens is 2. The summed E-state index contributed by atoms with van der Waals surface area (Å²) in [6.45, 7) is 10.5. The van der Waals surface area contributed by atoms with E-state index in [1.807, 2.05) is 25.1 Å². The van der Waals surface area contributed by atoms with E-state index < -0.39 is 0 Å². The van der Waals surface area contributed by atoms with Crippen LogP contribution in [0.25, 0.3) is 11.0 Å². The minimum Gasteiger partial charge on any atom is -0.342 e. The summed E-state index contributed by atoms with van der Waals surface area (Å²) >= 11 is 0. The summed E-state index contributed by atoms with van der Waals surface area (Å²) in [5.74, 6) is 2.41. The average Bonchev–Trinajstić information content (AvgIpc) is 3.37. The second kappa shape index (κ2) is 7.03. The van der Waals surface area contributed by atoms with Gasteiger partial charge in [0.1, 0.15) is 11.3 Å². The van der Waals surface area contributed by atoms with Gasteiger partial charge < -0.3 is 9.88 Å². The molecular weight excluding hydrogens is 324 g/mol. The molecular formula is C21H30N4O. The van der Waals surface area contributed by atoms with Gasteiger partial charge in [-0.2, -0.15) is 0 Å². The Labute approximate surface area is 155 Å². The zero-order valence-corrected chi connectivity index (χ0v) is 16.2. The molecule has 140 valence electrons. The van der Waals surface area contributed by atoms with Gasteiger partial charge in [0.15, 0.2) is 0 Å². The van der Waals surface area contributed by atoms with E-state index in [1.165, 1.54) is 19.4 Å². The highest BCUT2D eigenvalue weighted by molar-refractivity contribution is 6.04. The molecule has 2 fully saturated rings. The minimum absolute atomic E-state index is 0.126. The van der Waals surface area contributed by atoms with Crippen molar-refractivity contribution in [1.29, 1.82) is 0 Å². The lowest BCUT2D eigenvalue weighted by Gasteiger charge is -2.34.